The highest BCUT2D eigenvalue weighted by Crippen LogP contribution is 2.28. The molecule has 21 heavy (non-hydrogen) atoms. The summed E-state index contributed by atoms with van der Waals surface area (Å²) < 4.78 is 44.4. The van der Waals surface area contributed by atoms with Crippen LogP contribution in [-0.2, 0) is 14.8 Å². The van der Waals surface area contributed by atoms with E-state index in [-0.39, 0.29) is 23.6 Å². The number of sulfonamides is 1. The van der Waals surface area contributed by atoms with Gasteiger partial charge in [0.05, 0.1) is 12.0 Å². The maximum atomic E-state index is 13.7. The molecule has 1 fully saturated rings. The topological polar surface area (TPSA) is 83.9 Å². The van der Waals surface area contributed by atoms with E-state index in [4.69, 9.17) is 9.84 Å². The third-order valence-corrected chi connectivity index (χ3v) is 5.37. The van der Waals surface area contributed by atoms with Gasteiger partial charge in [0.2, 0.25) is 10.0 Å². The van der Waals surface area contributed by atoms with Gasteiger partial charge >= 0.3 is 5.97 Å². The molecule has 0 aromatic heterocycles. The smallest absolute Gasteiger partial charge is 0.322 e. The van der Waals surface area contributed by atoms with Crippen molar-refractivity contribution in [3.8, 4) is 5.75 Å². The molecule has 6 nitrogen and oxygen atoms in total. The Morgan fingerprint density at radius 1 is 1.43 bits per heavy atom. The number of hydrogen-bond acceptors (Lipinski definition) is 4. The average Bonchev–Trinajstić information content (AvgIpc) is 2.47. The highest BCUT2D eigenvalue weighted by atomic mass is 32.2. The molecule has 8 heteroatoms. The SMILES string of the molecule is COc1ccc(S(=O)(=O)N2CCCC[C@@H]2C(=O)O)cc1F. The molecular weight excluding hydrogens is 301 g/mol. The summed E-state index contributed by atoms with van der Waals surface area (Å²) in [6.45, 7) is 0.118. The zero-order chi connectivity index (χ0) is 15.6. The van der Waals surface area contributed by atoms with Crippen LogP contribution in [-0.4, -0.2) is 43.5 Å². The largest absolute Gasteiger partial charge is 0.494 e. The monoisotopic (exact) mass is 317 g/mol. The van der Waals surface area contributed by atoms with Crippen LogP contribution in [0.2, 0.25) is 0 Å². The summed E-state index contributed by atoms with van der Waals surface area (Å²) in [5.74, 6) is -2.06. The van der Waals surface area contributed by atoms with Crippen molar-refractivity contribution in [1.29, 1.82) is 0 Å². The molecule has 1 atom stereocenters. The van der Waals surface area contributed by atoms with E-state index in [1.54, 1.807) is 0 Å². The van der Waals surface area contributed by atoms with Crippen molar-refractivity contribution in [2.75, 3.05) is 13.7 Å². The van der Waals surface area contributed by atoms with Gasteiger partial charge in [-0.25, -0.2) is 12.8 Å². The number of carboxylic acid groups (broad SMARTS) is 1. The molecule has 1 saturated heterocycles. The molecule has 0 spiro atoms. The molecule has 1 aromatic carbocycles. The maximum absolute atomic E-state index is 13.7. The number of hydrogen-bond donors (Lipinski definition) is 1. The van der Waals surface area contributed by atoms with Crippen LogP contribution in [0.25, 0.3) is 0 Å². The van der Waals surface area contributed by atoms with Crippen molar-refractivity contribution in [3.05, 3.63) is 24.0 Å². The number of halogens is 1. The van der Waals surface area contributed by atoms with E-state index >= 15 is 0 Å². The number of methoxy groups -OCH3 is 1. The highest BCUT2D eigenvalue weighted by molar-refractivity contribution is 7.89. The first-order valence-corrected chi connectivity index (χ1v) is 7.90. The molecule has 0 aliphatic carbocycles. The van der Waals surface area contributed by atoms with Crippen LogP contribution in [0.1, 0.15) is 19.3 Å². The van der Waals surface area contributed by atoms with Gasteiger partial charge < -0.3 is 9.84 Å². The first-order chi connectivity index (χ1) is 9.87. The van der Waals surface area contributed by atoms with Gasteiger partial charge in [-0.1, -0.05) is 0 Å². The van der Waals surface area contributed by atoms with E-state index < -0.39 is 27.9 Å². The van der Waals surface area contributed by atoms with Crippen LogP contribution >= 0.6 is 0 Å². The molecule has 0 bridgehead atoms. The van der Waals surface area contributed by atoms with Crippen molar-refractivity contribution in [2.45, 2.75) is 30.2 Å². The molecule has 1 heterocycles. The normalized spacial score (nSPS) is 20.2. The lowest BCUT2D eigenvalue weighted by Gasteiger charge is -2.31. The molecule has 2 rings (SSSR count). The lowest BCUT2D eigenvalue weighted by atomic mass is 10.1. The lowest BCUT2D eigenvalue weighted by molar-refractivity contribution is -0.142. The van der Waals surface area contributed by atoms with Gasteiger partial charge in [-0.2, -0.15) is 4.31 Å². The van der Waals surface area contributed by atoms with Crippen molar-refractivity contribution in [1.82, 2.24) is 4.31 Å². The van der Waals surface area contributed by atoms with Crippen molar-refractivity contribution < 1.29 is 27.4 Å². The number of benzene rings is 1. The van der Waals surface area contributed by atoms with E-state index in [1.807, 2.05) is 0 Å². The maximum Gasteiger partial charge on any atom is 0.322 e. The van der Waals surface area contributed by atoms with E-state index in [1.165, 1.54) is 19.2 Å². The Balaban J connectivity index is 2.40. The first-order valence-electron chi connectivity index (χ1n) is 6.46. The number of ether oxygens (including phenoxy) is 1. The second kappa shape index (κ2) is 5.98. The van der Waals surface area contributed by atoms with Crippen LogP contribution in [0.3, 0.4) is 0 Å². The van der Waals surface area contributed by atoms with E-state index in [0.717, 1.165) is 10.4 Å². The molecular formula is C13H16FNO5S. The van der Waals surface area contributed by atoms with Crippen LogP contribution in [0.4, 0.5) is 4.39 Å². The minimum atomic E-state index is -4.05. The van der Waals surface area contributed by atoms with Crippen LogP contribution < -0.4 is 4.74 Å². The predicted molar refractivity (Wildman–Crippen MR) is 72.1 cm³/mol. The van der Waals surface area contributed by atoms with Gasteiger partial charge in [-0.05, 0) is 37.5 Å². The first kappa shape index (κ1) is 15.7. The average molecular weight is 317 g/mol. The van der Waals surface area contributed by atoms with Crippen molar-refractivity contribution in [3.63, 3.8) is 0 Å². The molecule has 1 aliphatic heterocycles. The standard InChI is InChI=1S/C13H16FNO5S/c1-20-12-6-5-9(8-10(12)14)21(18,19)15-7-3-2-4-11(15)13(16)17/h5-6,8,11H,2-4,7H2,1H3,(H,16,17)/t11-/m1/s1. The lowest BCUT2D eigenvalue weighted by Crippen LogP contribution is -2.47. The van der Waals surface area contributed by atoms with Gasteiger partial charge in [-0.15, -0.1) is 0 Å². The Morgan fingerprint density at radius 3 is 2.71 bits per heavy atom. The minimum Gasteiger partial charge on any atom is -0.494 e. The zero-order valence-electron chi connectivity index (χ0n) is 11.5. The van der Waals surface area contributed by atoms with Gasteiger partial charge in [0.25, 0.3) is 0 Å². The Labute approximate surface area is 122 Å². The highest BCUT2D eigenvalue weighted by Gasteiger charge is 2.37. The van der Waals surface area contributed by atoms with Gasteiger partial charge in [-0.3, -0.25) is 4.79 Å². The Bertz CT molecular complexity index is 646. The van der Waals surface area contributed by atoms with E-state index in [2.05, 4.69) is 0 Å². The molecule has 1 aromatic rings. The molecule has 1 N–H and O–H groups in total. The fraction of sp³-hybridized carbons (Fsp3) is 0.462. The van der Waals surface area contributed by atoms with Crippen LogP contribution in [0, 0.1) is 5.82 Å². The van der Waals surface area contributed by atoms with Crippen LogP contribution in [0.5, 0.6) is 5.75 Å². The Hall–Kier alpha value is -1.67. The summed E-state index contributed by atoms with van der Waals surface area (Å²) in [6, 6.07) is 2.17. The quantitative estimate of drug-likeness (QED) is 0.909. The number of rotatable bonds is 4. The Kier molecular flexibility index (Phi) is 4.48. The molecule has 0 saturated carbocycles. The molecule has 0 radical (unpaired) electrons. The minimum absolute atomic E-state index is 0.0672. The third kappa shape index (κ3) is 3.01. The van der Waals surface area contributed by atoms with Crippen LogP contribution in [0.15, 0.2) is 23.1 Å². The van der Waals surface area contributed by atoms with Crippen molar-refractivity contribution in [2.24, 2.45) is 0 Å². The van der Waals surface area contributed by atoms with E-state index in [0.29, 0.717) is 12.8 Å². The Morgan fingerprint density at radius 2 is 2.14 bits per heavy atom. The predicted octanol–water partition coefficient (Wildman–Crippen LogP) is 1.46. The van der Waals surface area contributed by atoms with Crippen molar-refractivity contribution >= 4 is 16.0 Å². The summed E-state index contributed by atoms with van der Waals surface area (Å²) in [7, 11) is -2.77. The fourth-order valence-electron chi connectivity index (χ4n) is 2.38. The molecule has 116 valence electrons. The summed E-state index contributed by atoms with van der Waals surface area (Å²) in [5.41, 5.74) is 0. The summed E-state index contributed by atoms with van der Waals surface area (Å²) in [4.78, 5) is 10.9. The van der Waals surface area contributed by atoms with Gasteiger partial charge in [0, 0.05) is 6.54 Å². The van der Waals surface area contributed by atoms with Gasteiger partial charge in [0.15, 0.2) is 11.6 Å². The zero-order valence-corrected chi connectivity index (χ0v) is 12.3. The number of carbonyl (C=O) groups is 1. The molecule has 0 amide bonds. The third-order valence-electron chi connectivity index (χ3n) is 3.47. The summed E-state index contributed by atoms with van der Waals surface area (Å²) >= 11 is 0. The number of nitrogens with zero attached hydrogens (tertiary/aromatic N) is 1. The second-order valence-corrected chi connectivity index (χ2v) is 6.65. The van der Waals surface area contributed by atoms with Gasteiger partial charge in [0.1, 0.15) is 6.04 Å². The van der Waals surface area contributed by atoms with E-state index in [9.17, 15) is 17.6 Å². The number of piperidine rings is 1. The summed E-state index contributed by atoms with van der Waals surface area (Å²) in [5, 5.41) is 9.16. The fourth-order valence-corrected chi connectivity index (χ4v) is 4.05. The second-order valence-electron chi connectivity index (χ2n) is 4.76. The molecule has 0 unspecified atom stereocenters. The summed E-state index contributed by atoms with van der Waals surface area (Å²) in [6.07, 6.45) is 1.49. The number of aliphatic carboxylic acids is 1. The molecule has 1 aliphatic rings. The number of carboxylic acids is 1.